The van der Waals surface area contributed by atoms with Gasteiger partial charge in [0.25, 0.3) is 5.56 Å². The molecule has 1 aliphatic heterocycles. The minimum Gasteiger partial charge on any atom is -0.588 e. The van der Waals surface area contributed by atoms with E-state index in [1.54, 1.807) is 0 Å². The van der Waals surface area contributed by atoms with Gasteiger partial charge in [-0.2, -0.15) is 0 Å². The molecule has 0 aliphatic carbocycles. The molecule has 14 heteroatoms. The topological polar surface area (TPSA) is 180 Å². The Morgan fingerprint density at radius 1 is 1.32 bits per heavy atom. The first-order chi connectivity index (χ1) is 18.0. The molecule has 0 saturated carbocycles. The van der Waals surface area contributed by atoms with Gasteiger partial charge in [0.15, 0.2) is 26.9 Å². The van der Waals surface area contributed by atoms with Crippen molar-refractivity contribution in [2.75, 3.05) is 11.3 Å². The van der Waals surface area contributed by atoms with Gasteiger partial charge >= 0.3 is 5.97 Å². The monoisotopic (exact) mass is 546 g/mol. The fraction of sp³-hybridized carbons (Fsp3) is 0.292. The zero-order valence-corrected chi connectivity index (χ0v) is 20.9. The van der Waals surface area contributed by atoms with Crippen LogP contribution < -0.4 is 20.3 Å². The summed E-state index contributed by atoms with van der Waals surface area (Å²) >= 11 is 0. The molecule has 0 radical (unpaired) electrons. The summed E-state index contributed by atoms with van der Waals surface area (Å²) in [5, 5.41) is 10.9. The smallest absolute Gasteiger partial charge is 0.303 e. The molecule has 3 aromatic rings. The largest absolute Gasteiger partial charge is 0.588 e. The minimum atomic E-state index is -4.33. The Morgan fingerprint density at radius 2 is 2.08 bits per heavy atom. The van der Waals surface area contributed by atoms with Crippen LogP contribution in [0.25, 0.3) is 10.9 Å². The van der Waals surface area contributed by atoms with Gasteiger partial charge in [0.1, 0.15) is 23.1 Å². The summed E-state index contributed by atoms with van der Waals surface area (Å²) in [4.78, 5) is 51.6. The molecular formula is C24H23FN4O8S. The molecule has 2 atom stereocenters. The lowest BCUT2D eigenvalue weighted by Gasteiger charge is -2.24. The molecule has 38 heavy (non-hydrogen) atoms. The zero-order valence-electron chi connectivity index (χ0n) is 20.1. The molecular weight excluding hydrogens is 523 g/mol. The van der Waals surface area contributed by atoms with Crippen LogP contribution in [0, 0.1) is 12.7 Å². The fourth-order valence-corrected chi connectivity index (χ4v) is 5.16. The Labute approximate surface area is 216 Å². The number of halogens is 1. The summed E-state index contributed by atoms with van der Waals surface area (Å²) in [6, 6.07) is 6.31. The van der Waals surface area contributed by atoms with Crippen LogP contribution in [-0.4, -0.2) is 43.6 Å². The van der Waals surface area contributed by atoms with Crippen LogP contribution in [0.5, 0.6) is 5.75 Å². The molecule has 12 nitrogen and oxygen atoms in total. The van der Waals surface area contributed by atoms with E-state index in [9.17, 15) is 32.3 Å². The van der Waals surface area contributed by atoms with Crippen molar-refractivity contribution in [3.05, 3.63) is 58.4 Å². The van der Waals surface area contributed by atoms with Gasteiger partial charge in [-0.15, -0.1) is 0 Å². The number of nitrogens with zero attached hydrogens (tertiary/aromatic N) is 2. The van der Waals surface area contributed by atoms with E-state index in [4.69, 9.17) is 9.84 Å². The number of piperidine rings is 1. The van der Waals surface area contributed by atoms with Crippen LogP contribution in [0.1, 0.15) is 37.5 Å². The van der Waals surface area contributed by atoms with Crippen molar-refractivity contribution in [1.29, 1.82) is 0 Å². The molecule has 1 saturated heterocycles. The molecule has 3 N–H and O–H groups in total. The third-order valence-electron chi connectivity index (χ3n) is 5.88. The number of anilines is 1. The number of imide groups is 1. The van der Waals surface area contributed by atoms with E-state index in [0.717, 1.165) is 18.2 Å². The van der Waals surface area contributed by atoms with Crippen molar-refractivity contribution in [1.82, 2.24) is 14.9 Å². The lowest BCUT2D eigenvalue weighted by Crippen LogP contribution is -2.45. The highest BCUT2D eigenvalue weighted by Crippen LogP contribution is 2.29. The number of hydrogen-bond acceptors (Lipinski definition) is 8. The van der Waals surface area contributed by atoms with E-state index in [1.165, 1.54) is 29.7 Å². The number of aromatic nitrogens is 2. The maximum atomic E-state index is 14.5. The first-order valence-electron chi connectivity index (χ1n) is 11.5. The third kappa shape index (κ3) is 5.55. The van der Waals surface area contributed by atoms with Gasteiger partial charge in [0, 0.05) is 18.9 Å². The number of hydrogen-bond donors (Lipinski definition) is 3. The predicted molar refractivity (Wildman–Crippen MR) is 132 cm³/mol. The van der Waals surface area contributed by atoms with Crippen LogP contribution in [0.15, 0.2) is 46.1 Å². The number of para-hydroxylation sites is 1. The number of benzene rings is 2. The fourth-order valence-electron chi connectivity index (χ4n) is 4.08. The van der Waals surface area contributed by atoms with E-state index in [1.807, 2.05) is 0 Å². The molecule has 2 amide bonds. The van der Waals surface area contributed by atoms with Gasteiger partial charge in [0.05, 0.1) is 12.0 Å². The quantitative estimate of drug-likeness (QED) is 0.206. The Hall–Kier alpha value is -4.17. The maximum absolute atomic E-state index is 14.5. The summed E-state index contributed by atoms with van der Waals surface area (Å²) in [6.07, 6.45) is 0.170. The van der Waals surface area contributed by atoms with Crippen LogP contribution >= 0.6 is 0 Å². The number of fused-ring (bicyclic) bond motifs is 1. The van der Waals surface area contributed by atoms with Crippen molar-refractivity contribution < 1.29 is 37.4 Å². The molecule has 1 aromatic heterocycles. The number of carbonyl (C=O) groups is 3. The number of aryl methyl sites for hydroxylation is 1. The average molecular weight is 547 g/mol. The summed E-state index contributed by atoms with van der Waals surface area (Å²) in [5.41, 5.74) is -0.591. The summed E-state index contributed by atoms with van der Waals surface area (Å²) < 4.78 is 49.2. The van der Waals surface area contributed by atoms with Crippen LogP contribution in [0.3, 0.4) is 0 Å². The Bertz CT molecular complexity index is 1560. The van der Waals surface area contributed by atoms with Crippen molar-refractivity contribution in [2.45, 2.75) is 43.5 Å². The van der Waals surface area contributed by atoms with E-state index in [0.29, 0.717) is 0 Å². The predicted octanol–water partition coefficient (Wildman–Crippen LogP) is 2.08. The molecule has 2 unspecified atom stereocenters. The van der Waals surface area contributed by atoms with Crippen LogP contribution in [0.4, 0.5) is 10.1 Å². The van der Waals surface area contributed by atoms with Crippen LogP contribution in [0.2, 0.25) is 0 Å². The lowest BCUT2D eigenvalue weighted by atomic mass is 10.1. The highest BCUT2D eigenvalue weighted by atomic mass is 32.3. The summed E-state index contributed by atoms with van der Waals surface area (Å²) in [5.74, 6) is -3.13. The molecule has 2 aromatic carbocycles. The van der Waals surface area contributed by atoms with Crippen molar-refractivity contribution in [3.8, 4) is 5.75 Å². The highest BCUT2D eigenvalue weighted by molar-refractivity contribution is 7.99. The SMILES string of the molecule is Cc1nc2c(N[S+](=O)([O-])c3ccc(OCCCC(=O)O)c(F)c3)cccc2c(=O)n1C1CCC(=O)NC1=O. The van der Waals surface area contributed by atoms with Gasteiger partial charge in [0.2, 0.25) is 11.8 Å². The third-order valence-corrected chi connectivity index (χ3v) is 7.24. The molecule has 1 aliphatic rings. The number of sulfonamides is 1. The van der Waals surface area contributed by atoms with E-state index in [-0.39, 0.29) is 60.5 Å². The molecule has 4 rings (SSSR count). The van der Waals surface area contributed by atoms with Gasteiger partial charge in [-0.3, -0.25) is 29.1 Å². The number of amides is 2. The molecule has 200 valence electrons. The van der Waals surface area contributed by atoms with Gasteiger partial charge in [-0.1, -0.05) is 10.3 Å². The number of rotatable bonds is 9. The second-order valence-corrected chi connectivity index (χ2v) is 10.2. The molecule has 0 spiro atoms. The zero-order chi connectivity index (χ0) is 27.6. The van der Waals surface area contributed by atoms with Crippen molar-refractivity contribution in [2.24, 2.45) is 0 Å². The van der Waals surface area contributed by atoms with E-state index >= 15 is 0 Å². The Morgan fingerprint density at radius 3 is 2.76 bits per heavy atom. The second-order valence-electron chi connectivity index (χ2n) is 8.55. The van der Waals surface area contributed by atoms with Gasteiger partial charge in [-0.25, -0.2) is 14.1 Å². The minimum absolute atomic E-state index is 0.0287. The van der Waals surface area contributed by atoms with E-state index < -0.39 is 50.5 Å². The number of carboxylic acids is 1. The summed E-state index contributed by atoms with van der Waals surface area (Å²) in [6.45, 7) is 1.42. The van der Waals surface area contributed by atoms with Crippen LogP contribution in [-0.2, 0) is 29.0 Å². The Kier molecular flexibility index (Phi) is 7.55. The highest BCUT2D eigenvalue weighted by Gasteiger charge is 2.31. The number of nitrogens with one attached hydrogen (secondary N) is 2. The second kappa shape index (κ2) is 10.7. The first-order valence-corrected chi connectivity index (χ1v) is 13.0. The number of ether oxygens (including phenoxy) is 1. The number of aliphatic carboxylic acids is 1. The Balaban J connectivity index is 1.61. The summed E-state index contributed by atoms with van der Waals surface area (Å²) in [7, 11) is -4.33. The van der Waals surface area contributed by atoms with Crippen molar-refractivity contribution in [3.63, 3.8) is 0 Å². The van der Waals surface area contributed by atoms with Gasteiger partial charge in [-0.05, 0) is 44.0 Å². The lowest BCUT2D eigenvalue weighted by molar-refractivity contribution is -0.138. The standard InChI is InChI=1S/C24H23FN4O8S/c1-13-26-22-15(24(34)29(13)18-8-10-20(30)27-23(18)33)4-2-5-17(22)28-38(35,36)14-7-9-19(16(25)12-14)37-11-3-6-21(31)32/h2,4-5,7,9,12,18H,3,6,8,10-11H2,1H3,(H3-,27,28,30,31,32,33,35,36). The number of carbonyl (C=O) groups excluding carboxylic acids is 2. The molecule has 1 fully saturated rings. The van der Waals surface area contributed by atoms with Crippen molar-refractivity contribution >= 4 is 44.8 Å². The molecule has 2 heterocycles. The van der Waals surface area contributed by atoms with Gasteiger partial charge < -0.3 is 14.4 Å². The number of carboxylic acid groups (broad SMARTS) is 1. The van der Waals surface area contributed by atoms with E-state index in [2.05, 4.69) is 15.0 Å². The normalized spacial score (nSPS) is 17.1. The molecule has 0 bridgehead atoms. The first kappa shape index (κ1) is 26.9. The maximum Gasteiger partial charge on any atom is 0.303 e. The average Bonchev–Trinajstić information content (AvgIpc) is 2.84.